The van der Waals surface area contributed by atoms with Gasteiger partial charge >= 0.3 is 0 Å². The standard InChI is InChI=1S/C17H25N3O/c1-18-17(21)14-7-5-13(6-8-14)12-19-15-9-11-20-10-3-2-4-16(15)20/h5-8,15-16,19H,2-4,9-12H2,1H3,(H,18,21). The summed E-state index contributed by atoms with van der Waals surface area (Å²) in [4.78, 5) is 14.2. The first-order valence-electron chi connectivity index (χ1n) is 8.06. The number of hydrogen-bond acceptors (Lipinski definition) is 3. The van der Waals surface area contributed by atoms with Crippen molar-refractivity contribution in [2.75, 3.05) is 20.1 Å². The molecule has 2 atom stereocenters. The molecule has 0 spiro atoms. The highest BCUT2D eigenvalue weighted by Crippen LogP contribution is 2.27. The van der Waals surface area contributed by atoms with E-state index >= 15 is 0 Å². The van der Waals surface area contributed by atoms with Crippen LogP contribution in [0.2, 0.25) is 0 Å². The van der Waals surface area contributed by atoms with Gasteiger partial charge in [0.1, 0.15) is 0 Å². The van der Waals surface area contributed by atoms with Gasteiger partial charge in [-0.25, -0.2) is 0 Å². The number of carbonyl (C=O) groups is 1. The number of fused-ring (bicyclic) bond motifs is 1. The third-order valence-electron chi connectivity index (χ3n) is 4.87. The minimum Gasteiger partial charge on any atom is -0.355 e. The highest BCUT2D eigenvalue weighted by atomic mass is 16.1. The molecule has 4 heteroatoms. The molecular formula is C17H25N3O. The number of nitrogens with zero attached hydrogens (tertiary/aromatic N) is 1. The normalized spacial score (nSPS) is 25.6. The SMILES string of the molecule is CNC(=O)c1ccc(CNC2CCN3CCCCC23)cc1. The van der Waals surface area contributed by atoms with E-state index in [0.717, 1.165) is 18.2 Å². The quantitative estimate of drug-likeness (QED) is 0.887. The van der Waals surface area contributed by atoms with E-state index in [1.54, 1.807) is 7.05 Å². The van der Waals surface area contributed by atoms with Crippen molar-refractivity contribution in [2.45, 2.75) is 44.3 Å². The highest BCUT2D eigenvalue weighted by Gasteiger charge is 2.34. The van der Waals surface area contributed by atoms with Gasteiger partial charge in [0.25, 0.3) is 5.91 Å². The molecule has 2 saturated heterocycles. The third kappa shape index (κ3) is 3.27. The number of carbonyl (C=O) groups excluding carboxylic acids is 1. The van der Waals surface area contributed by atoms with Crippen LogP contribution in [0.1, 0.15) is 41.6 Å². The second-order valence-electron chi connectivity index (χ2n) is 6.15. The molecule has 0 saturated carbocycles. The van der Waals surface area contributed by atoms with Gasteiger partial charge in [-0.1, -0.05) is 18.6 Å². The maximum absolute atomic E-state index is 11.5. The second kappa shape index (κ2) is 6.58. The van der Waals surface area contributed by atoms with Crippen LogP contribution in [-0.2, 0) is 6.54 Å². The lowest BCUT2D eigenvalue weighted by molar-refractivity contribution is 0.0963. The number of hydrogen-bond donors (Lipinski definition) is 2. The molecule has 1 amide bonds. The Hall–Kier alpha value is -1.39. The summed E-state index contributed by atoms with van der Waals surface area (Å²) in [5, 5.41) is 6.37. The van der Waals surface area contributed by atoms with Crippen LogP contribution in [0.15, 0.2) is 24.3 Å². The summed E-state index contributed by atoms with van der Waals surface area (Å²) in [6.07, 6.45) is 5.35. The zero-order valence-corrected chi connectivity index (χ0v) is 12.8. The lowest BCUT2D eigenvalue weighted by Gasteiger charge is -2.32. The predicted molar refractivity (Wildman–Crippen MR) is 84.3 cm³/mol. The molecule has 2 N–H and O–H groups in total. The number of amides is 1. The Morgan fingerprint density at radius 3 is 2.76 bits per heavy atom. The van der Waals surface area contributed by atoms with Crippen LogP contribution in [0.3, 0.4) is 0 Å². The van der Waals surface area contributed by atoms with E-state index in [1.165, 1.54) is 44.3 Å². The van der Waals surface area contributed by atoms with Crippen molar-refractivity contribution in [1.29, 1.82) is 0 Å². The highest BCUT2D eigenvalue weighted by molar-refractivity contribution is 5.93. The average Bonchev–Trinajstić information content (AvgIpc) is 2.96. The van der Waals surface area contributed by atoms with Crippen molar-refractivity contribution >= 4 is 5.91 Å². The summed E-state index contributed by atoms with van der Waals surface area (Å²) in [5.41, 5.74) is 1.97. The van der Waals surface area contributed by atoms with Gasteiger partial charge in [0.15, 0.2) is 0 Å². The number of nitrogens with one attached hydrogen (secondary N) is 2. The molecule has 0 radical (unpaired) electrons. The summed E-state index contributed by atoms with van der Waals surface area (Å²) in [7, 11) is 1.66. The molecule has 3 rings (SSSR count). The minimum absolute atomic E-state index is 0.0249. The molecule has 1 aromatic carbocycles. The van der Waals surface area contributed by atoms with E-state index in [9.17, 15) is 4.79 Å². The molecule has 0 bridgehead atoms. The Labute approximate surface area is 126 Å². The fraction of sp³-hybridized carbons (Fsp3) is 0.588. The average molecular weight is 287 g/mol. The lowest BCUT2D eigenvalue weighted by atomic mass is 9.99. The third-order valence-corrected chi connectivity index (χ3v) is 4.87. The summed E-state index contributed by atoms with van der Waals surface area (Å²) in [5.74, 6) is -0.0249. The van der Waals surface area contributed by atoms with Crippen LogP contribution in [-0.4, -0.2) is 43.0 Å². The van der Waals surface area contributed by atoms with Gasteiger partial charge in [0, 0.05) is 37.8 Å². The van der Waals surface area contributed by atoms with Crippen LogP contribution in [0.25, 0.3) is 0 Å². The van der Waals surface area contributed by atoms with Gasteiger partial charge < -0.3 is 10.6 Å². The van der Waals surface area contributed by atoms with E-state index in [0.29, 0.717) is 6.04 Å². The fourth-order valence-electron chi connectivity index (χ4n) is 3.65. The molecule has 21 heavy (non-hydrogen) atoms. The van der Waals surface area contributed by atoms with E-state index in [1.807, 2.05) is 24.3 Å². The van der Waals surface area contributed by atoms with Crippen LogP contribution in [0.4, 0.5) is 0 Å². The Balaban J connectivity index is 1.54. The van der Waals surface area contributed by atoms with Gasteiger partial charge in [-0.2, -0.15) is 0 Å². The van der Waals surface area contributed by atoms with Gasteiger partial charge in [-0.15, -0.1) is 0 Å². The molecule has 0 aliphatic carbocycles. The van der Waals surface area contributed by atoms with Crippen molar-refractivity contribution in [2.24, 2.45) is 0 Å². The molecule has 2 aliphatic rings. The van der Waals surface area contributed by atoms with Crippen molar-refractivity contribution in [3.63, 3.8) is 0 Å². The van der Waals surface area contributed by atoms with Gasteiger partial charge in [-0.3, -0.25) is 9.69 Å². The first-order chi connectivity index (χ1) is 10.3. The molecule has 2 fully saturated rings. The van der Waals surface area contributed by atoms with Crippen molar-refractivity contribution in [1.82, 2.24) is 15.5 Å². The fourth-order valence-corrected chi connectivity index (χ4v) is 3.65. The maximum Gasteiger partial charge on any atom is 0.251 e. The van der Waals surface area contributed by atoms with E-state index in [4.69, 9.17) is 0 Å². The van der Waals surface area contributed by atoms with Crippen molar-refractivity contribution in [3.05, 3.63) is 35.4 Å². The van der Waals surface area contributed by atoms with Crippen molar-refractivity contribution < 1.29 is 4.79 Å². The number of rotatable bonds is 4. The molecule has 2 unspecified atom stereocenters. The van der Waals surface area contributed by atoms with E-state index < -0.39 is 0 Å². The Kier molecular flexibility index (Phi) is 4.56. The molecule has 4 nitrogen and oxygen atoms in total. The van der Waals surface area contributed by atoms with Gasteiger partial charge in [0.2, 0.25) is 0 Å². The number of piperidine rings is 1. The molecule has 114 valence electrons. The minimum atomic E-state index is -0.0249. The smallest absolute Gasteiger partial charge is 0.251 e. The molecule has 1 aromatic rings. The largest absolute Gasteiger partial charge is 0.355 e. The topological polar surface area (TPSA) is 44.4 Å². The van der Waals surface area contributed by atoms with Crippen molar-refractivity contribution in [3.8, 4) is 0 Å². The lowest BCUT2D eigenvalue weighted by Crippen LogP contribution is -2.44. The van der Waals surface area contributed by atoms with Gasteiger partial charge in [-0.05, 0) is 43.5 Å². The van der Waals surface area contributed by atoms with Gasteiger partial charge in [0.05, 0.1) is 0 Å². The summed E-state index contributed by atoms with van der Waals surface area (Å²) >= 11 is 0. The zero-order chi connectivity index (χ0) is 14.7. The Morgan fingerprint density at radius 1 is 1.19 bits per heavy atom. The first-order valence-corrected chi connectivity index (χ1v) is 8.06. The maximum atomic E-state index is 11.5. The summed E-state index contributed by atoms with van der Waals surface area (Å²) in [6.45, 7) is 3.42. The number of benzene rings is 1. The van der Waals surface area contributed by atoms with Crippen LogP contribution in [0.5, 0.6) is 0 Å². The molecule has 2 heterocycles. The second-order valence-corrected chi connectivity index (χ2v) is 6.15. The predicted octanol–water partition coefficient (Wildman–Crippen LogP) is 1.76. The monoisotopic (exact) mass is 287 g/mol. The van der Waals surface area contributed by atoms with Crippen LogP contribution < -0.4 is 10.6 Å². The molecule has 2 aliphatic heterocycles. The van der Waals surface area contributed by atoms with E-state index in [-0.39, 0.29) is 5.91 Å². The first kappa shape index (κ1) is 14.5. The van der Waals surface area contributed by atoms with E-state index in [2.05, 4.69) is 15.5 Å². The zero-order valence-electron chi connectivity index (χ0n) is 12.8. The Morgan fingerprint density at radius 2 is 2.00 bits per heavy atom. The molecule has 0 aromatic heterocycles. The summed E-state index contributed by atoms with van der Waals surface area (Å²) < 4.78 is 0. The molecular weight excluding hydrogens is 262 g/mol. The van der Waals surface area contributed by atoms with Crippen LogP contribution in [0, 0.1) is 0 Å². The van der Waals surface area contributed by atoms with Crippen LogP contribution >= 0.6 is 0 Å². The Bertz CT molecular complexity index is 485. The summed E-state index contributed by atoms with van der Waals surface area (Å²) in [6, 6.07) is 9.26.